The van der Waals surface area contributed by atoms with Gasteiger partial charge in [-0.15, -0.1) is 0 Å². The molecule has 1 fully saturated rings. The maximum atomic E-state index is 9.37. The second kappa shape index (κ2) is 3.73. The molecule has 0 radical (unpaired) electrons. The quantitative estimate of drug-likeness (QED) is 0.673. The third kappa shape index (κ3) is 1.63. The Bertz CT molecular complexity index is 147. The second-order valence-corrected chi connectivity index (χ2v) is 3.61. The molecule has 0 aromatic heterocycles. The van der Waals surface area contributed by atoms with E-state index in [2.05, 4.69) is 6.92 Å². The van der Waals surface area contributed by atoms with E-state index in [9.17, 15) is 5.11 Å². The minimum atomic E-state index is -0.414. The van der Waals surface area contributed by atoms with Gasteiger partial charge in [0.15, 0.2) is 0 Å². The first kappa shape index (κ1) is 9.96. The monoisotopic (exact) mass is 174 g/mol. The van der Waals surface area contributed by atoms with E-state index in [0.29, 0.717) is 0 Å². The molecule has 12 heavy (non-hydrogen) atoms. The van der Waals surface area contributed by atoms with Gasteiger partial charge >= 0.3 is 0 Å². The van der Waals surface area contributed by atoms with Crippen LogP contribution >= 0.6 is 0 Å². The number of methoxy groups -OCH3 is 1. The number of hydrogen-bond donors (Lipinski definition) is 1. The van der Waals surface area contributed by atoms with Crippen LogP contribution in [-0.4, -0.2) is 36.6 Å². The van der Waals surface area contributed by atoms with Crippen LogP contribution in [0.3, 0.4) is 0 Å². The zero-order valence-electron chi connectivity index (χ0n) is 8.15. The summed E-state index contributed by atoms with van der Waals surface area (Å²) >= 11 is 0. The maximum Gasteiger partial charge on any atom is 0.0887 e. The highest BCUT2D eigenvalue weighted by molar-refractivity contribution is 4.89. The Hall–Kier alpha value is -0.120. The summed E-state index contributed by atoms with van der Waals surface area (Å²) in [4.78, 5) is 0. The van der Waals surface area contributed by atoms with E-state index < -0.39 is 6.10 Å². The first-order chi connectivity index (χ1) is 5.57. The Labute approximate surface area is 73.7 Å². The topological polar surface area (TPSA) is 38.7 Å². The van der Waals surface area contributed by atoms with Gasteiger partial charge in [0.05, 0.1) is 24.4 Å². The largest absolute Gasteiger partial charge is 0.391 e. The number of aliphatic hydroxyl groups excluding tert-OH is 1. The molecule has 1 aliphatic heterocycles. The highest BCUT2D eigenvalue weighted by Gasteiger charge is 2.41. The average molecular weight is 174 g/mol. The van der Waals surface area contributed by atoms with Gasteiger partial charge in [0.1, 0.15) is 0 Å². The van der Waals surface area contributed by atoms with E-state index in [1.807, 2.05) is 6.92 Å². The average Bonchev–Trinajstić information content (AvgIpc) is 2.27. The van der Waals surface area contributed by atoms with Gasteiger partial charge in [0.25, 0.3) is 0 Å². The summed E-state index contributed by atoms with van der Waals surface area (Å²) in [5.41, 5.74) is 0. The van der Waals surface area contributed by atoms with Crippen molar-refractivity contribution < 1.29 is 14.6 Å². The van der Waals surface area contributed by atoms with Crippen LogP contribution in [0.25, 0.3) is 0 Å². The maximum absolute atomic E-state index is 9.37. The Morgan fingerprint density at radius 3 is 2.25 bits per heavy atom. The molecule has 0 saturated carbocycles. The van der Waals surface area contributed by atoms with Crippen LogP contribution in [0, 0.1) is 5.92 Å². The third-order valence-corrected chi connectivity index (χ3v) is 2.62. The molecule has 0 aliphatic carbocycles. The van der Waals surface area contributed by atoms with Crippen LogP contribution in [0.15, 0.2) is 0 Å². The SMILES string of the molecule is COC1[C@H](C)O[C@H]([C@H](C)O)[C@@H]1C. The minimum Gasteiger partial charge on any atom is -0.391 e. The van der Waals surface area contributed by atoms with Crippen LogP contribution in [-0.2, 0) is 9.47 Å². The summed E-state index contributed by atoms with van der Waals surface area (Å²) in [6, 6.07) is 0. The van der Waals surface area contributed by atoms with Crippen molar-refractivity contribution in [2.24, 2.45) is 5.92 Å². The lowest BCUT2D eigenvalue weighted by atomic mass is 9.96. The van der Waals surface area contributed by atoms with E-state index in [-0.39, 0.29) is 24.2 Å². The molecular formula is C9H18O3. The number of aliphatic hydroxyl groups is 1. The van der Waals surface area contributed by atoms with Gasteiger partial charge in [-0.1, -0.05) is 6.92 Å². The normalized spacial score (nSPS) is 44.8. The van der Waals surface area contributed by atoms with Crippen molar-refractivity contribution in [3.05, 3.63) is 0 Å². The first-order valence-electron chi connectivity index (χ1n) is 4.44. The molecule has 1 unspecified atom stereocenters. The van der Waals surface area contributed by atoms with Crippen molar-refractivity contribution in [3.63, 3.8) is 0 Å². The molecule has 1 rings (SSSR count). The van der Waals surface area contributed by atoms with Crippen LogP contribution in [0.4, 0.5) is 0 Å². The van der Waals surface area contributed by atoms with Gasteiger partial charge < -0.3 is 14.6 Å². The fourth-order valence-electron chi connectivity index (χ4n) is 2.02. The van der Waals surface area contributed by atoms with Crippen LogP contribution in [0.5, 0.6) is 0 Å². The molecule has 5 atom stereocenters. The Balaban J connectivity index is 2.62. The summed E-state index contributed by atoms with van der Waals surface area (Å²) < 4.78 is 10.8. The Morgan fingerprint density at radius 2 is 2.00 bits per heavy atom. The van der Waals surface area contributed by atoms with E-state index in [0.717, 1.165) is 0 Å². The van der Waals surface area contributed by atoms with Gasteiger partial charge in [0, 0.05) is 13.0 Å². The third-order valence-electron chi connectivity index (χ3n) is 2.62. The molecule has 72 valence electrons. The zero-order chi connectivity index (χ0) is 9.30. The molecule has 0 spiro atoms. The number of hydrogen-bond acceptors (Lipinski definition) is 3. The van der Waals surface area contributed by atoms with E-state index >= 15 is 0 Å². The molecule has 0 amide bonds. The van der Waals surface area contributed by atoms with Gasteiger partial charge in [0.2, 0.25) is 0 Å². The van der Waals surface area contributed by atoms with Gasteiger partial charge in [-0.25, -0.2) is 0 Å². The van der Waals surface area contributed by atoms with Crippen molar-refractivity contribution in [2.75, 3.05) is 7.11 Å². The fraction of sp³-hybridized carbons (Fsp3) is 1.00. The molecule has 1 saturated heterocycles. The molecule has 3 nitrogen and oxygen atoms in total. The van der Waals surface area contributed by atoms with Crippen LogP contribution in [0.2, 0.25) is 0 Å². The predicted octanol–water partition coefficient (Wildman–Crippen LogP) is 0.806. The molecule has 1 heterocycles. The molecule has 0 aromatic rings. The standard InChI is InChI=1S/C9H18O3/c1-5-8(6(2)10)12-7(3)9(5)11-4/h5-10H,1-4H3/t5-,6-,7-,8-,9?/m0/s1. The van der Waals surface area contributed by atoms with Gasteiger partial charge in [-0.05, 0) is 13.8 Å². The molecular weight excluding hydrogens is 156 g/mol. The Morgan fingerprint density at radius 1 is 1.42 bits per heavy atom. The van der Waals surface area contributed by atoms with Gasteiger partial charge in [-0.3, -0.25) is 0 Å². The van der Waals surface area contributed by atoms with Gasteiger partial charge in [-0.2, -0.15) is 0 Å². The number of rotatable bonds is 2. The highest BCUT2D eigenvalue weighted by atomic mass is 16.6. The van der Waals surface area contributed by atoms with Crippen LogP contribution in [0.1, 0.15) is 20.8 Å². The summed E-state index contributed by atoms with van der Waals surface area (Å²) in [6.45, 7) is 5.79. The smallest absolute Gasteiger partial charge is 0.0887 e. The lowest BCUT2D eigenvalue weighted by Gasteiger charge is -2.19. The van der Waals surface area contributed by atoms with E-state index in [4.69, 9.17) is 9.47 Å². The van der Waals surface area contributed by atoms with Crippen molar-refractivity contribution in [1.82, 2.24) is 0 Å². The summed E-state index contributed by atoms with van der Waals surface area (Å²) in [7, 11) is 1.69. The minimum absolute atomic E-state index is 0.0788. The van der Waals surface area contributed by atoms with Crippen molar-refractivity contribution in [3.8, 4) is 0 Å². The second-order valence-electron chi connectivity index (χ2n) is 3.61. The highest BCUT2D eigenvalue weighted by Crippen LogP contribution is 2.30. The summed E-state index contributed by atoms with van der Waals surface area (Å²) in [5.74, 6) is 0.269. The number of ether oxygens (including phenoxy) is 2. The molecule has 1 aliphatic rings. The van der Waals surface area contributed by atoms with E-state index in [1.165, 1.54) is 0 Å². The summed E-state index contributed by atoms with van der Waals surface area (Å²) in [5, 5.41) is 9.37. The summed E-state index contributed by atoms with van der Waals surface area (Å²) in [6.07, 6.45) is -0.290. The van der Waals surface area contributed by atoms with E-state index in [1.54, 1.807) is 14.0 Å². The molecule has 0 bridgehead atoms. The lowest BCUT2D eigenvalue weighted by Crippen LogP contribution is -2.31. The predicted molar refractivity (Wildman–Crippen MR) is 46.0 cm³/mol. The zero-order valence-corrected chi connectivity index (χ0v) is 8.15. The van der Waals surface area contributed by atoms with Crippen LogP contribution < -0.4 is 0 Å². The molecule has 0 aromatic carbocycles. The molecule has 3 heteroatoms. The Kier molecular flexibility index (Phi) is 3.09. The lowest BCUT2D eigenvalue weighted by molar-refractivity contribution is -0.0380. The van der Waals surface area contributed by atoms with Crippen molar-refractivity contribution in [1.29, 1.82) is 0 Å². The first-order valence-corrected chi connectivity index (χ1v) is 4.44. The van der Waals surface area contributed by atoms with Crippen molar-refractivity contribution in [2.45, 2.75) is 45.2 Å². The fourth-order valence-corrected chi connectivity index (χ4v) is 2.02. The van der Waals surface area contributed by atoms with Crippen molar-refractivity contribution >= 4 is 0 Å². The molecule has 1 N–H and O–H groups in total.